The molecule has 5 rings (SSSR count). The summed E-state index contributed by atoms with van der Waals surface area (Å²) in [6, 6.07) is 20.8. The van der Waals surface area contributed by atoms with Gasteiger partial charge in [-0.3, -0.25) is 19.2 Å². The molecular formula is C26H32N6OS. The smallest absolute Gasteiger partial charge is 0.233 e. The van der Waals surface area contributed by atoms with Crippen molar-refractivity contribution in [1.82, 2.24) is 29.5 Å². The summed E-state index contributed by atoms with van der Waals surface area (Å²) in [5.74, 6) is 1.50. The number of para-hydroxylation sites is 1. The molecule has 2 aromatic carbocycles. The van der Waals surface area contributed by atoms with Crippen LogP contribution in [-0.2, 0) is 17.9 Å². The summed E-state index contributed by atoms with van der Waals surface area (Å²) in [6.07, 6.45) is 2.49. The number of hydrogen-bond donors (Lipinski definition) is 0. The number of piperazine rings is 1. The molecular weight excluding hydrogens is 444 g/mol. The Morgan fingerprint density at radius 2 is 1.41 bits per heavy atom. The molecule has 178 valence electrons. The largest absolute Gasteiger partial charge is 0.339 e. The van der Waals surface area contributed by atoms with Crippen LogP contribution in [0.1, 0.15) is 24.2 Å². The Balaban J connectivity index is 1.19. The van der Waals surface area contributed by atoms with E-state index in [0.29, 0.717) is 5.75 Å². The van der Waals surface area contributed by atoms with Gasteiger partial charge in [0.1, 0.15) is 0 Å². The van der Waals surface area contributed by atoms with Crippen molar-refractivity contribution in [2.45, 2.75) is 31.1 Å². The zero-order chi connectivity index (χ0) is 23.2. The highest BCUT2D eigenvalue weighted by Crippen LogP contribution is 2.24. The predicted octanol–water partition coefficient (Wildman–Crippen LogP) is 3.30. The number of carbonyl (C=O) groups is 1. The predicted molar refractivity (Wildman–Crippen MR) is 135 cm³/mol. The lowest BCUT2D eigenvalue weighted by Gasteiger charge is -2.34. The summed E-state index contributed by atoms with van der Waals surface area (Å²) >= 11 is 1.49. The van der Waals surface area contributed by atoms with Crippen LogP contribution in [0.3, 0.4) is 0 Å². The fourth-order valence-corrected chi connectivity index (χ4v) is 5.56. The molecule has 1 amide bonds. The number of rotatable bonds is 8. The summed E-state index contributed by atoms with van der Waals surface area (Å²) in [4.78, 5) is 19.8. The number of likely N-dealkylation sites (tertiary alicyclic amines) is 1. The van der Waals surface area contributed by atoms with E-state index in [4.69, 9.17) is 0 Å². The van der Waals surface area contributed by atoms with E-state index in [2.05, 4.69) is 61.0 Å². The van der Waals surface area contributed by atoms with Crippen LogP contribution in [0.15, 0.2) is 65.8 Å². The van der Waals surface area contributed by atoms with Crippen molar-refractivity contribution >= 4 is 17.7 Å². The average Bonchev–Trinajstić information content (AvgIpc) is 3.54. The van der Waals surface area contributed by atoms with E-state index in [1.165, 1.54) is 30.2 Å². The lowest BCUT2D eigenvalue weighted by Crippen LogP contribution is -2.48. The molecule has 3 heterocycles. The fourth-order valence-electron chi connectivity index (χ4n) is 4.69. The van der Waals surface area contributed by atoms with E-state index in [-0.39, 0.29) is 5.91 Å². The van der Waals surface area contributed by atoms with Gasteiger partial charge in [0.2, 0.25) is 5.91 Å². The zero-order valence-electron chi connectivity index (χ0n) is 19.6. The van der Waals surface area contributed by atoms with Gasteiger partial charge in [0, 0.05) is 38.4 Å². The number of hydrogen-bond acceptors (Lipinski definition) is 6. The Hall–Kier alpha value is -2.68. The van der Waals surface area contributed by atoms with Crippen LogP contribution in [0.25, 0.3) is 5.69 Å². The van der Waals surface area contributed by atoms with Gasteiger partial charge < -0.3 is 4.90 Å². The van der Waals surface area contributed by atoms with Crippen molar-refractivity contribution in [3.8, 4) is 5.69 Å². The van der Waals surface area contributed by atoms with Crippen LogP contribution in [0.4, 0.5) is 0 Å². The summed E-state index contributed by atoms with van der Waals surface area (Å²) in [7, 11) is 0. The SMILES string of the molecule is O=C(CSc1nnc(CN2CCCC2)n1-c1ccccc1)N1CCN(Cc2ccccc2)CC1. The molecule has 34 heavy (non-hydrogen) atoms. The van der Waals surface area contributed by atoms with Crippen LogP contribution >= 0.6 is 11.8 Å². The molecule has 3 aromatic rings. The molecule has 8 heteroatoms. The highest BCUT2D eigenvalue weighted by molar-refractivity contribution is 7.99. The van der Waals surface area contributed by atoms with Crippen LogP contribution in [0, 0.1) is 0 Å². The first-order chi connectivity index (χ1) is 16.8. The van der Waals surface area contributed by atoms with Gasteiger partial charge in [0.25, 0.3) is 0 Å². The molecule has 0 spiro atoms. The Bertz CT molecular complexity index is 1060. The third-order valence-electron chi connectivity index (χ3n) is 6.58. The second-order valence-corrected chi connectivity index (χ2v) is 9.93. The topological polar surface area (TPSA) is 57.5 Å². The second-order valence-electron chi connectivity index (χ2n) is 8.98. The Morgan fingerprint density at radius 3 is 2.12 bits per heavy atom. The molecule has 0 radical (unpaired) electrons. The maximum absolute atomic E-state index is 13.0. The number of benzene rings is 2. The minimum Gasteiger partial charge on any atom is -0.339 e. The molecule has 0 aliphatic carbocycles. The van der Waals surface area contributed by atoms with Crippen LogP contribution in [0.2, 0.25) is 0 Å². The Morgan fingerprint density at radius 1 is 0.765 bits per heavy atom. The number of carbonyl (C=O) groups excluding carboxylic acids is 1. The molecule has 2 aliphatic heterocycles. The minimum atomic E-state index is 0.174. The normalized spacial score (nSPS) is 17.4. The summed E-state index contributed by atoms with van der Waals surface area (Å²) in [5, 5.41) is 9.78. The average molecular weight is 477 g/mol. The monoisotopic (exact) mass is 476 g/mol. The maximum Gasteiger partial charge on any atom is 0.233 e. The van der Waals surface area contributed by atoms with Crippen molar-refractivity contribution in [3.05, 3.63) is 72.1 Å². The van der Waals surface area contributed by atoms with E-state index in [0.717, 1.165) is 69.0 Å². The zero-order valence-corrected chi connectivity index (χ0v) is 20.4. The number of nitrogens with zero attached hydrogens (tertiary/aromatic N) is 6. The van der Waals surface area contributed by atoms with Gasteiger partial charge in [-0.25, -0.2) is 0 Å². The van der Waals surface area contributed by atoms with Gasteiger partial charge >= 0.3 is 0 Å². The van der Waals surface area contributed by atoms with E-state index >= 15 is 0 Å². The van der Waals surface area contributed by atoms with Gasteiger partial charge in [-0.05, 0) is 43.6 Å². The van der Waals surface area contributed by atoms with Gasteiger partial charge in [-0.15, -0.1) is 10.2 Å². The standard InChI is InChI=1S/C26H32N6OS/c33-25(31-17-15-30(16-18-31)19-22-9-3-1-4-10-22)21-34-26-28-27-24(20-29-13-7-8-14-29)32(26)23-11-5-2-6-12-23/h1-6,9-12H,7-8,13-21H2. The second kappa shape index (κ2) is 11.2. The highest BCUT2D eigenvalue weighted by atomic mass is 32.2. The van der Waals surface area contributed by atoms with Crippen LogP contribution in [-0.4, -0.2) is 80.4 Å². The third kappa shape index (κ3) is 5.68. The number of aromatic nitrogens is 3. The first kappa shape index (κ1) is 23.1. The van der Waals surface area contributed by atoms with E-state index in [1.54, 1.807) is 0 Å². The van der Waals surface area contributed by atoms with Crippen molar-refractivity contribution < 1.29 is 4.79 Å². The first-order valence-corrected chi connectivity index (χ1v) is 13.1. The highest BCUT2D eigenvalue weighted by Gasteiger charge is 2.23. The summed E-state index contributed by atoms with van der Waals surface area (Å²) in [5.41, 5.74) is 2.37. The van der Waals surface area contributed by atoms with E-state index < -0.39 is 0 Å². The summed E-state index contributed by atoms with van der Waals surface area (Å²) in [6.45, 7) is 7.32. The molecule has 2 saturated heterocycles. The molecule has 7 nitrogen and oxygen atoms in total. The molecule has 0 saturated carbocycles. The molecule has 0 unspecified atom stereocenters. The molecule has 0 atom stereocenters. The van der Waals surface area contributed by atoms with Gasteiger partial charge in [-0.2, -0.15) is 0 Å². The Labute approximate surface area is 205 Å². The molecule has 0 bridgehead atoms. The fraction of sp³-hybridized carbons (Fsp3) is 0.423. The molecule has 2 fully saturated rings. The lowest BCUT2D eigenvalue weighted by atomic mass is 10.2. The van der Waals surface area contributed by atoms with Crippen LogP contribution < -0.4 is 0 Å². The minimum absolute atomic E-state index is 0.174. The van der Waals surface area contributed by atoms with E-state index in [1.807, 2.05) is 29.2 Å². The van der Waals surface area contributed by atoms with Crippen molar-refractivity contribution in [2.75, 3.05) is 45.0 Å². The van der Waals surface area contributed by atoms with Crippen molar-refractivity contribution in [3.63, 3.8) is 0 Å². The quantitative estimate of drug-likeness (QED) is 0.465. The molecule has 0 N–H and O–H groups in total. The maximum atomic E-state index is 13.0. The lowest BCUT2D eigenvalue weighted by molar-refractivity contribution is -0.130. The van der Waals surface area contributed by atoms with Crippen molar-refractivity contribution in [1.29, 1.82) is 0 Å². The summed E-state index contributed by atoms with van der Waals surface area (Å²) < 4.78 is 2.12. The van der Waals surface area contributed by atoms with Gasteiger partial charge in [0.05, 0.1) is 12.3 Å². The number of amides is 1. The van der Waals surface area contributed by atoms with Gasteiger partial charge in [-0.1, -0.05) is 60.3 Å². The molecule has 2 aliphatic rings. The van der Waals surface area contributed by atoms with Gasteiger partial charge in [0.15, 0.2) is 11.0 Å². The van der Waals surface area contributed by atoms with E-state index in [9.17, 15) is 4.79 Å². The first-order valence-electron chi connectivity index (χ1n) is 12.2. The van der Waals surface area contributed by atoms with Crippen LogP contribution in [0.5, 0.6) is 0 Å². The third-order valence-corrected chi connectivity index (χ3v) is 7.49. The Kier molecular flexibility index (Phi) is 7.58. The number of thioether (sulfide) groups is 1. The molecule has 1 aromatic heterocycles. The van der Waals surface area contributed by atoms with Crippen molar-refractivity contribution in [2.24, 2.45) is 0 Å².